The summed E-state index contributed by atoms with van der Waals surface area (Å²) >= 11 is 0. The molecule has 1 aromatic carbocycles. The van der Waals surface area contributed by atoms with Crippen LogP contribution in [0.2, 0.25) is 0 Å². The van der Waals surface area contributed by atoms with Crippen LogP contribution < -0.4 is 5.32 Å². The molecule has 1 fully saturated rings. The third kappa shape index (κ3) is 3.83. The van der Waals surface area contributed by atoms with Crippen LogP contribution in [0.3, 0.4) is 0 Å². The Bertz CT molecular complexity index is 779. The first-order valence-corrected chi connectivity index (χ1v) is 8.60. The largest absolute Gasteiger partial charge is 0.350 e. The zero-order valence-corrected chi connectivity index (χ0v) is 14.0. The van der Waals surface area contributed by atoms with Crippen molar-refractivity contribution >= 4 is 5.95 Å². The van der Waals surface area contributed by atoms with Crippen LogP contribution in [0, 0.1) is 0 Å². The van der Waals surface area contributed by atoms with Crippen molar-refractivity contribution in [1.82, 2.24) is 30.1 Å². The molecule has 1 N–H and O–H groups in total. The number of para-hydroxylation sites is 1. The first kappa shape index (κ1) is 15.7. The molecular formula is C18H21N7. The zero-order valence-electron chi connectivity index (χ0n) is 14.0. The van der Waals surface area contributed by atoms with E-state index in [4.69, 9.17) is 0 Å². The quantitative estimate of drug-likeness (QED) is 0.770. The lowest BCUT2D eigenvalue weighted by Gasteiger charge is -2.32. The Kier molecular flexibility index (Phi) is 4.65. The highest BCUT2D eigenvalue weighted by Gasteiger charge is 2.21. The van der Waals surface area contributed by atoms with Crippen LogP contribution in [0.25, 0.3) is 5.69 Å². The molecule has 0 unspecified atom stereocenters. The van der Waals surface area contributed by atoms with Gasteiger partial charge in [-0.1, -0.05) is 23.3 Å². The van der Waals surface area contributed by atoms with Crippen LogP contribution in [-0.2, 0) is 6.54 Å². The Morgan fingerprint density at radius 1 is 1.00 bits per heavy atom. The molecule has 0 radical (unpaired) electrons. The highest BCUT2D eigenvalue weighted by Crippen LogP contribution is 2.18. The minimum absolute atomic E-state index is 0.391. The molecule has 2 aromatic heterocycles. The molecule has 3 aromatic rings. The fourth-order valence-corrected chi connectivity index (χ4v) is 3.18. The highest BCUT2D eigenvalue weighted by atomic mass is 15.6. The molecule has 4 rings (SSSR count). The second kappa shape index (κ2) is 7.40. The zero-order chi connectivity index (χ0) is 16.9. The first-order chi connectivity index (χ1) is 12.4. The van der Waals surface area contributed by atoms with Crippen LogP contribution in [-0.4, -0.2) is 49.2 Å². The Hall–Kier alpha value is -2.80. The number of pyridine rings is 1. The summed E-state index contributed by atoms with van der Waals surface area (Å²) in [5, 5.41) is 15.6. The lowest BCUT2D eigenvalue weighted by Crippen LogP contribution is -2.39. The summed E-state index contributed by atoms with van der Waals surface area (Å²) in [6.45, 7) is 3.11. The molecular weight excluding hydrogens is 314 g/mol. The number of rotatable bonds is 5. The van der Waals surface area contributed by atoms with E-state index in [9.17, 15) is 0 Å². The maximum atomic E-state index is 4.14. The van der Waals surface area contributed by atoms with Gasteiger partial charge in [-0.2, -0.15) is 4.68 Å². The number of likely N-dealkylation sites (tertiary alicyclic amines) is 1. The fraction of sp³-hybridized carbons (Fsp3) is 0.333. The standard InChI is InChI=1S/C18H21N7/c1-2-4-17(5-3-1)25-18(21-22-23-25)20-16-8-12-24(13-9-16)14-15-6-10-19-11-7-15/h1-7,10-11,16H,8-9,12-14H2,(H,20,21,23). The van der Waals surface area contributed by atoms with Crippen molar-refractivity contribution in [3.05, 3.63) is 60.4 Å². The van der Waals surface area contributed by atoms with Gasteiger partial charge in [0.1, 0.15) is 0 Å². The summed E-state index contributed by atoms with van der Waals surface area (Å²) in [5.74, 6) is 0.707. The van der Waals surface area contributed by atoms with Gasteiger partial charge in [-0.25, -0.2) is 0 Å². The van der Waals surface area contributed by atoms with E-state index in [1.807, 2.05) is 42.7 Å². The molecule has 7 nitrogen and oxygen atoms in total. The van der Waals surface area contributed by atoms with Gasteiger partial charge in [0.2, 0.25) is 5.95 Å². The van der Waals surface area contributed by atoms with Gasteiger partial charge in [0.15, 0.2) is 0 Å². The van der Waals surface area contributed by atoms with Crippen LogP contribution in [0.15, 0.2) is 54.9 Å². The number of anilines is 1. The van der Waals surface area contributed by atoms with Gasteiger partial charge in [-0.15, -0.1) is 0 Å². The van der Waals surface area contributed by atoms with Crippen molar-refractivity contribution < 1.29 is 0 Å². The molecule has 0 amide bonds. The molecule has 1 aliphatic heterocycles. The van der Waals surface area contributed by atoms with Crippen molar-refractivity contribution in [2.45, 2.75) is 25.4 Å². The van der Waals surface area contributed by atoms with Crippen molar-refractivity contribution in [3.8, 4) is 5.69 Å². The lowest BCUT2D eigenvalue weighted by atomic mass is 10.0. The number of hydrogen-bond donors (Lipinski definition) is 1. The maximum Gasteiger partial charge on any atom is 0.247 e. The summed E-state index contributed by atoms with van der Waals surface area (Å²) in [5.41, 5.74) is 2.28. The number of tetrazole rings is 1. The second-order valence-electron chi connectivity index (χ2n) is 6.30. The molecule has 0 aliphatic carbocycles. The predicted octanol–water partition coefficient (Wildman–Crippen LogP) is 2.13. The van der Waals surface area contributed by atoms with E-state index < -0.39 is 0 Å². The monoisotopic (exact) mass is 335 g/mol. The predicted molar refractivity (Wildman–Crippen MR) is 95.3 cm³/mol. The number of benzene rings is 1. The average molecular weight is 335 g/mol. The summed E-state index contributed by atoms with van der Waals surface area (Å²) in [4.78, 5) is 6.56. The van der Waals surface area contributed by atoms with Gasteiger partial charge in [0.05, 0.1) is 5.69 Å². The van der Waals surface area contributed by atoms with Gasteiger partial charge >= 0.3 is 0 Å². The van der Waals surface area contributed by atoms with Gasteiger partial charge in [-0.05, 0) is 53.1 Å². The minimum Gasteiger partial charge on any atom is -0.350 e. The molecule has 1 saturated heterocycles. The van der Waals surface area contributed by atoms with E-state index in [1.54, 1.807) is 4.68 Å². The number of piperidine rings is 1. The van der Waals surface area contributed by atoms with E-state index in [1.165, 1.54) is 5.56 Å². The second-order valence-corrected chi connectivity index (χ2v) is 6.30. The van der Waals surface area contributed by atoms with Crippen LogP contribution in [0.4, 0.5) is 5.95 Å². The van der Waals surface area contributed by atoms with Crippen LogP contribution >= 0.6 is 0 Å². The molecule has 0 atom stereocenters. The summed E-state index contributed by atoms with van der Waals surface area (Å²) in [6.07, 6.45) is 5.86. The maximum absolute atomic E-state index is 4.14. The lowest BCUT2D eigenvalue weighted by molar-refractivity contribution is 0.211. The average Bonchev–Trinajstić information content (AvgIpc) is 3.13. The van der Waals surface area contributed by atoms with Gasteiger partial charge < -0.3 is 5.32 Å². The van der Waals surface area contributed by atoms with Crippen LogP contribution in [0.1, 0.15) is 18.4 Å². The molecule has 0 saturated carbocycles. The molecule has 7 heteroatoms. The Morgan fingerprint density at radius 2 is 1.76 bits per heavy atom. The topological polar surface area (TPSA) is 71.8 Å². The van der Waals surface area contributed by atoms with Crippen molar-refractivity contribution in [1.29, 1.82) is 0 Å². The third-order valence-corrected chi connectivity index (χ3v) is 4.55. The first-order valence-electron chi connectivity index (χ1n) is 8.60. The molecule has 0 spiro atoms. The van der Waals surface area contributed by atoms with E-state index in [0.29, 0.717) is 12.0 Å². The number of hydrogen-bond acceptors (Lipinski definition) is 6. The number of aromatic nitrogens is 5. The molecule has 25 heavy (non-hydrogen) atoms. The van der Waals surface area contributed by atoms with Gasteiger partial charge in [-0.3, -0.25) is 9.88 Å². The number of nitrogens with one attached hydrogen (secondary N) is 1. The van der Waals surface area contributed by atoms with Crippen molar-refractivity contribution in [2.24, 2.45) is 0 Å². The van der Waals surface area contributed by atoms with Crippen molar-refractivity contribution in [3.63, 3.8) is 0 Å². The van der Waals surface area contributed by atoms with E-state index in [2.05, 4.69) is 42.9 Å². The molecule has 1 aliphatic rings. The van der Waals surface area contributed by atoms with Gasteiger partial charge in [0.25, 0.3) is 0 Å². The summed E-state index contributed by atoms with van der Waals surface area (Å²) in [6, 6.07) is 14.5. The molecule has 0 bridgehead atoms. The minimum atomic E-state index is 0.391. The Morgan fingerprint density at radius 3 is 2.52 bits per heavy atom. The Labute approximate surface area is 146 Å². The number of nitrogens with zero attached hydrogens (tertiary/aromatic N) is 6. The Balaban J connectivity index is 1.34. The normalized spacial score (nSPS) is 16.0. The van der Waals surface area contributed by atoms with Gasteiger partial charge in [0, 0.05) is 38.1 Å². The van der Waals surface area contributed by atoms with E-state index in [-0.39, 0.29) is 0 Å². The van der Waals surface area contributed by atoms with E-state index in [0.717, 1.165) is 38.2 Å². The third-order valence-electron chi connectivity index (χ3n) is 4.55. The summed E-state index contributed by atoms with van der Waals surface area (Å²) < 4.78 is 1.75. The summed E-state index contributed by atoms with van der Waals surface area (Å²) in [7, 11) is 0. The fourth-order valence-electron chi connectivity index (χ4n) is 3.18. The molecule has 3 heterocycles. The highest BCUT2D eigenvalue weighted by molar-refractivity contribution is 5.38. The van der Waals surface area contributed by atoms with Crippen molar-refractivity contribution in [2.75, 3.05) is 18.4 Å². The molecule has 128 valence electrons. The smallest absolute Gasteiger partial charge is 0.247 e. The van der Waals surface area contributed by atoms with E-state index >= 15 is 0 Å². The van der Waals surface area contributed by atoms with Crippen LogP contribution in [0.5, 0.6) is 0 Å². The SMILES string of the molecule is c1ccc(-n2nnnc2NC2CCN(Cc3ccncc3)CC2)cc1.